The fraction of sp³-hybridized carbons (Fsp3) is 0.462. The number of rotatable bonds is 4. The van der Waals surface area contributed by atoms with Crippen molar-refractivity contribution >= 4 is 11.6 Å². The van der Waals surface area contributed by atoms with E-state index in [1.807, 2.05) is 0 Å². The molecule has 1 amide bonds. The Morgan fingerprint density at radius 1 is 1.33 bits per heavy atom. The maximum atomic E-state index is 12.0. The number of anilines is 1. The van der Waals surface area contributed by atoms with Crippen LogP contribution >= 0.6 is 0 Å². The first-order valence-corrected chi connectivity index (χ1v) is 6.13. The minimum absolute atomic E-state index is 0.0414. The molecule has 0 bridgehead atoms. The number of hydrogen-bond donors (Lipinski definition) is 3. The van der Waals surface area contributed by atoms with Crippen LogP contribution in [-0.4, -0.2) is 25.2 Å². The number of hydrazine groups is 1. The maximum Gasteiger partial charge on any atom is 0.251 e. The molecule has 2 rings (SSSR count). The summed E-state index contributed by atoms with van der Waals surface area (Å²) in [6.07, 6.45) is 3.16. The van der Waals surface area contributed by atoms with Crippen LogP contribution in [-0.2, 0) is 4.74 Å². The number of carbonyl (C=O) groups is 1. The fourth-order valence-corrected chi connectivity index (χ4v) is 2.27. The molecule has 1 aliphatic carbocycles. The van der Waals surface area contributed by atoms with E-state index in [-0.39, 0.29) is 18.1 Å². The van der Waals surface area contributed by atoms with Crippen molar-refractivity contribution in [2.24, 2.45) is 5.84 Å². The van der Waals surface area contributed by atoms with E-state index in [0.717, 1.165) is 24.9 Å². The van der Waals surface area contributed by atoms with E-state index in [1.54, 1.807) is 31.4 Å². The van der Waals surface area contributed by atoms with Gasteiger partial charge < -0.3 is 15.5 Å². The first kappa shape index (κ1) is 12.9. The van der Waals surface area contributed by atoms with E-state index in [9.17, 15) is 4.79 Å². The molecule has 0 aliphatic heterocycles. The predicted molar refractivity (Wildman–Crippen MR) is 70.2 cm³/mol. The van der Waals surface area contributed by atoms with E-state index in [1.165, 1.54) is 0 Å². The highest BCUT2D eigenvalue weighted by atomic mass is 16.5. The molecule has 1 saturated carbocycles. The first-order valence-electron chi connectivity index (χ1n) is 6.13. The van der Waals surface area contributed by atoms with Gasteiger partial charge in [-0.1, -0.05) is 0 Å². The van der Waals surface area contributed by atoms with Gasteiger partial charge >= 0.3 is 0 Å². The summed E-state index contributed by atoms with van der Waals surface area (Å²) in [5, 5.41) is 3.03. The minimum Gasteiger partial charge on any atom is -0.381 e. The third-order valence-electron chi connectivity index (χ3n) is 3.37. The zero-order valence-electron chi connectivity index (χ0n) is 10.5. The second-order valence-corrected chi connectivity index (χ2v) is 4.56. The second-order valence-electron chi connectivity index (χ2n) is 4.56. The molecule has 1 aromatic rings. The first-order chi connectivity index (χ1) is 8.72. The van der Waals surface area contributed by atoms with Gasteiger partial charge in [0.15, 0.2) is 0 Å². The van der Waals surface area contributed by atoms with Crippen molar-refractivity contribution in [3.05, 3.63) is 29.8 Å². The molecule has 5 heteroatoms. The molecule has 18 heavy (non-hydrogen) atoms. The lowest BCUT2D eigenvalue weighted by molar-refractivity contribution is 0.0915. The molecule has 0 heterocycles. The van der Waals surface area contributed by atoms with Crippen LogP contribution in [0, 0.1) is 0 Å². The highest BCUT2D eigenvalue weighted by Crippen LogP contribution is 2.21. The van der Waals surface area contributed by atoms with Crippen LogP contribution in [0.25, 0.3) is 0 Å². The van der Waals surface area contributed by atoms with Crippen LogP contribution in [0.5, 0.6) is 0 Å². The van der Waals surface area contributed by atoms with Crippen LogP contribution in [0.4, 0.5) is 5.69 Å². The van der Waals surface area contributed by atoms with Crippen molar-refractivity contribution in [1.82, 2.24) is 5.32 Å². The molecule has 4 N–H and O–H groups in total. The molecule has 0 aromatic heterocycles. The summed E-state index contributed by atoms with van der Waals surface area (Å²) in [4.78, 5) is 12.0. The zero-order chi connectivity index (χ0) is 13.0. The van der Waals surface area contributed by atoms with E-state index in [4.69, 9.17) is 10.6 Å². The molecule has 1 fully saturated rings. The molecule has 1 aliphatic rings. The zero-order valence-corrected chi connectivity index (χ0v) is 10.5. The monoisotopic (exact) mass is 249 g/mol. The van der Waals surface area contributed by atoms with E-state index < -0.39 is 0 Å². The summed E-state index contributed by atoms with van der Waals surface area (Å²) in [7, 11) is 1.72. The van der Waals surface area contributed by atoms with Crippen molar-refractivity contribution in [3.8, 4) is 0 Å². The standard InChI is InChI=1S/C13H19N3O2/c1-18-12-7-6-11(8-12)15-13(17)9-2-4-10(16-14)5-3-9/h2-5,11-12,16H,6-8,14H2,1H3,(H,15,17). The average Bonchev–Trinajstić information content (AvgIpc) is 2.86. The van der Waals surface area contributed by atoms with Crippen molar-refractivity contribution in [1.29, 1.82) is 0 Å². The summed E-state index contributed by atoms with van der Waals surface area (Å²) in [6, 6.07) is 7.29. The molecule has 5 nitrogen and oxygen atoms in total. The number of ether oxygens (including phenoxy) is 1. The van der Waals surface area contributed by atoms with Crippen molar-refractivity contribution in [3.63, 3.8) is 0 Å². The Kier molecular flexibility index (Phi) is 4.17. The molecule has 2 unspecified atom stereocenters. The minimum atomic E-state index is -0.0414. The van der Waals surface area contributed by atoms with Crippen molar-refractivity contribution < 1.29 is 9.53 Å². The molecule has 2 atom stereocenters. The quantitative estimate of drug-likeness (QED) is 0.555. The SMILES string of the molecule is COC1CCC(NC(=O)c2ccc(NN)cc2)C1. The number of nitrogens with two attached hydrogens (primary N) is 1. The van der Waals surface area contributed by atoms with Gasteiger partial charge in [-0.2, -0.15) is 0 Å². The molecular formula is C13H19N3O2. The van der Waals surface area contributed by atoms with Gasteiger partial charge in [0.2, 0.25) is 0 Å². The number of nitrogen functional groups attached to an aromatic ring is 1. The largest absolute Gasteiger partial charge is 0.381 e. The third-order valence-corrected chi connectivity index (χ3v) is 3.37. The molecule has 1 aromatic carbocycles. The molecular weight excluding hydrogens is 230 g/mol. The summed E-state index contributed by atoms with van der Waals surface area (Å²) in [5.74, 6) is 5.23. The fourth-order valence-electron chi connectivity index (χ4n) is 2.27. The Morgan fingerprint density at radius 2 is 2.06 bits per heavy atom. The van der Waals surface area contributed by atoms with Crippen LogP contribution in [0.1, 0.15) is 29.6 Å². The Labute approximate surface area is 107 Å². The Morgan fingerprint density at radius 3 is 2.61 bits per heavy atom. The topological polar surface area (TPSA) is 76.4 Å². The Balaban J connectivity index is 1.91. The van der Waals surface area contributed by atoms with E-state index in [2.05, 4.69) is 10.7 Å². The van der Waals surface area contributed by atoms with Gasteiger partial charge in [0.1, 0.15) is 0 Å². The lowest BCUT2D eigenvalue weighted by atomic mass is 10.1. The maximum absolute atomic E-state index is 12.0. The normalized spacial score (nSPS) is 22.8. The smallest absolute Gasteiger partial charge is 0.251 e. The number of benzene rings is 1. The van der Waals surface area contributed by atoms with Gasteiger partial charge in [-0.05, 0) is 43.5 Å². The van der Waals surface area contributed by atoms with Crippen LogP contribution in [0.3, 0.4) is 0 Å². The number of nitrogens with one attached hydrogen (secondary N) is 2. The molecule has 0 radical (unpaired) electrons. The van der Waals surface area contributed by atoms with Gasteiger partial charge in [0, 0.05) is 24.4 Å². The van der Waals surface area contributed by atoms with Crippen LogP contribution in [0.2, 0.25) is 0 Å². The second kappa shape index (κ2) is 5.84. The van der Waals surface area contributed by atoms with E-state index in [0.29, 0.717) is 5.56 Å². The van der Waals surface area contributed by atoms with Crippen LogP contribution in [0.15, 0.2) is 24.3 Å². The third kappa shape index (κ3) is 3.00. The lowest BCUT2D eigenvalue weighted by Crippen LogP contribution is -2.33. The van der Waals surface area contributed by atoms with Gasteiger partial charge in [0.05, 0.1) is 6.10 Å². The molecule has 98 valence electrons. The lowest BCUT2D eigenvalue weighted by Gasteiger charge is -2.13. The van der Waals surface area contributed by atoms with Gasteiger partial charge in [-0.15, -0.1) is 0 Å². The predicted octanol–water partition coefficient (Wildman–Crippen LogP) is 1.27. The molecule has 0 spiro atoms. The van der Waals surface area contributed by atoms with E-state index >= 15 is 0 Å². The Hall–Kier alpha value is -1.59. The summed E-state index contributed by atoms with van der Waals surface area (Å²) >= 11 is 0. The summed E-state index contributed by atoms with van der Waals surface area (Å²) in [6.45, 7) is 0. The van der Waals surface area contributed by atoms with Crippen molar-refractivity contribution in [2.45, 2.75) is 31.4 Å². The Bertz CT molecular complexity index is 405. The highest BCUT2D eigenvalue weighted by molar-refractivity contribution is 5.94. The van der Waals surface area contributed by atoms with Gasteiger partial charge in [-0.3, -0.25) is 10.6 Å². The number of amides is 1. The van der Waals surface area contributed by atoms with Crippen LogP contribution < -0.4 is 16.6 Å². The number of carbonyl (C=O) groups excluding carboxylic acids is 1. The number of methoxy groups -OCH3 is 1. The van der Waals surface area contributed by atoms with Crippen molar-refractivity contribution in [2.75, 3.05) is 12.5 Å². The van der Waals surface area contributed by atoms with Gasteiger partial charge in [-0.25, -0.2) is 0 Å². The average molecular weight is 249 g/mol. The van der Waals surface area contributed by atoms with Gasteiger partial charge in [0.25, 0.3) is 5.91 Å². The number of hydrogen-bond acceptors (Lipinski definition) is 4. The summed E-state index contributed by atoms with van der Waals surface area (Å²) < 4.78 is 5.29. The summed E-state index contributed by atoms with van der Waals surface area (Å²) in [5.41, 5.74) is 3.96. The highest BCUT2D eigenvalue weighted by Gasteiger charge is 2.25. The molecule has 0 saturated heterocycles.